The summed E-state index contributed by atoms with van der Waals surface area (Å²) in [7, 11) is 1.54. The lowest BCUT2D eigenvalue weighted by Gasteiger charge is -2.42. The maximum atomic E-state index is 11.9. The molecule has 0 aromatic carbocycles. The molecule has 0 amide bonds. The van der Waals surface area contributed by atoms with E-state index in [2.05, 4.69) is 0 Å². The first-order valence-electron chi connectivity index (χ1n) is 8.68. The third-order valence-corrected chi connectivity index (χ3v) is 5.44. The molecule has 10 nitrogen and oxygen atoms in total. The van der Waals surface area contributed by atoms with Gasteiger partial charge in [0.15, 0.2) is 6.29 Å². The van der Waals surface area contributed by atoms with E-state index in [0.717, 1.165) is 5.57 Å². The largest absolute Gasteiger partial charge is 0.471 e. The van der Waals surface area contributed by atoms with Gasteiger partial charge in [-0.2, -0.15) is 0 Å². The highest BCUT2D eigenvalue weighted by Crippen LogP contribution is 2.49. The average molecular weight is 386 g/mol. The molecule has 0 bridgehead atoms. The lowest BCUT2D eigenvalue weighted by atomic mass is 9.84. The highest BCUT2D eigenvalue weighted by atomic mass is 16.8. The van der Waals surface area contributed by atoms with E-state index < -0.39 is 61.6 Å². The van der Waals surface area contributed by atoms with E-state index in [1.807, 2.05) is 0 Å². The van der Waals surface area contributed by atoms with Crippen LogP contribution in [0, 0.1) is 11.8 Å². The average Bonchev–Trinajstić information content (AvgIpc) is 3.16. The van der Waals surface area contributed by atoms with Crippen molar-refractivity contribution in [2.45, 2.75) is 43.1 Å². The summed E-state index contributed by atoms with van der Waals surface area (Å²) in [5, 5.41) is 39.3. The molecular weight excluding hydrogens is 364 g/mol. The van der Waals surface area contributed by atoms with Crippen LogP contribution in [0.25, 0.3) is 0 Å². The number of carbonyl (C=O) groups excluding carboxylic acids is 1. The first kappa shape index (κ1) is 18.8. The van der Waals surface area contributed by atoms with Gasteiger partial charge in [0, 0.05) is 13.0 Å². The summed E-state index contributed by atoms with van der Waals surface area (Å²) in [6.07, 6.45) is -5.33. The van der Waals surface area contributed by atoms with Crippen LogP contribution in [0.2, 0.25) is 0 Å². The number of ether oxygens (including phenoxy) is 5. The van der Waals surface area contributed by atoms with Gasteiger partial charge in [-0.1, -0.05) is 0 Å². The van der Waals surface area contributed by atoms with Gasteiger partial charge >= 0.3 is 5.97 Å². The topological polar surface area (TPSA) is 144 Å². The molecule has 0 aromatic heterocycles. The minimum Gasteiger partial charge on any atom is -0.471 e. The Hall–Kier alpha value is -1.53. The van der Waals surface area contributed by atoms with Crippen molar-refractivity contribution in [3.8, 4) is 0 Å². The molecule has 27 heavy (non-hydrogen) atoms. The van der Waals surface area contributed by atoms with Crippen molar-refractivity contribution in [1.82, 2.24) is 0 Å². The van der Waals surface area contributed by atoms with Crippen LogP contribution >= 0.6 is 0 Å². The van der Waals surface area contributed by atoms with Gasteiger partial charge in [0.1, 0.15) is 30.5 Å². The zero-order valence-electron chi connectivity index (χ0n) is 14.5. The van der Waals surface area contributed by atoms with Crippen molar-refractivity contribution in [3.05, 3.63) is 23.5 Å². The molecule has 0 unspecified atom stereocenters. The molecule has 4 rings (SSSR count). The van der Waals surface area contributed by atoms with Gasteiger partial charge in [-0.05, 0) is 11.6 Å². The Morgan fingerprint density at radius 2 is 1.89 bits per heavy atom. The van der Waals surface area contributed by atoms with Crippen molar-refractivity contribution in [3.63, 3.8) is 0 Å². The Morgan fingerprint density at radius 3 is 2.59 bits per heavy atom. The predicted octanol–water partition coefficient (Wildman–Crippen LogP) is -2.21. The van der Waals surface area contributed by atoms with Crippen LogP contribution in [0.5, 0.6) is 0 Å². The summed E-state index contributed by atoms with van der Waals surface area (Å²) in [5.74, 6) is -1.16. The molecule has 0 spiro atoms. The molecule has 0 radical (unpaired) electrons. The Bertz CT molecular complexity index is 658. The summed E-state index contributed by atoms with van der Waals surface area (Å²) >= 11 is 0. The second-order valence-electron chi connectivity index (χ2n) is 7.01. The summed E-state index contributed by atoms with van der Waals surface area (Å²) < 4.78 is 27.3. The SMILES string of the molecule is COCC1=C[C@@H]2OC(=O)C3=CO[C@@H](O[C@@H]4O[C@H](CO)[C@@H](O)[C@H](O)[C@H]4O)[C@@H]1[C@H]32. The van der Waals surface area contributed by atoms with E-state index in [-0.39, 0.29) is 12.5 Å². The summed E-state index contributed by atoms with van der Waals surface area (Å²) in [4.78, 5) is 11.9. The highest BCUT2D eigenvalue weighted by Gasteiger charge is 2.56. The van der Waals surface area contributed by atoms with Gasteiger partial charge in [-0.25, -0.2) is 4.79 Å². The lowest BCUT2D eigenvalue weighted by molar-refractivity contribution is -0.339. The summed E-state index contributed by atoms with van der Waals surface area (Å²) in [6, 6.07) is 0. The number of hydrogen-bond donors (Lipinski definition) is 4. The van der Waals surface area contributed by atoms with E-state index in [1.165, 1.54) is 13.4 Å². The standard InChI is InChI=1S/C17H22O10/c1-23-4-6-2-8-11-7(15(22)25-8)5-24-16(10(6)11)27-17-14(21)13(20)12(19)9(3-18)26-17/h2,5,8-14,16-21H,3-4H2,1H3/t8-,9+,10-,11+,12+,13-,14+,16-,17-/m0/s1. The van der Waals surface area contributed by atoms with Crippen molar-refractivity contribution in [2.24, 2.45) is 11.8 Å². The number of carbonyl (C=O) groups is 1. The number of hydrogen-bond acceptors (Lipinski definition) is 10. The fourth-order valence-corrected chi connectivity index (χ4v) is 4.10. The fraction of sp³-hybridized carbons (Fsp3) is 0.706. The lowest BCUT2D eigenvalue weighted by Crippen LogP contribution is -2.60. The second-order valence-corrected chi connectivity index (χ2v) is 7.01. The van der Waals surface area contributed by atoms with Crippen LogP contribution in [-0.2, 0) is 28.5 Å². The number of aliphatic hydroxyl groups excluding tert-OH is 4. The molecule has 9 atom stereocenters. The summed E-state index contributed by atoms with van der Waals surface area (Å²) in [6.45, 7) is -0.286. The maximum absolute atomic E-state index is 11.9. The van der Waals surface area contributed by atoms with Gasteiger partial charge in [-0.3, -0.25) is 0 Å². The van der Waals surface area contributed by atoms with Crippen LogP contribution in [0.3, 0.4) is 0 Å². The third-order valence-electron chi connectivity index (χ3n) is 5.44. The number of esters is 1. The highest BCUT2D eigenvalue weighted by molar-refractivity contribution is 5.92. The molecule has 4 N–H and O–H groups in total. The van der Waals surface area contributed by atoms with Gasteiger partial charge in [0.05, 0.1) is 31.0 Å². The van der Waals surface area contributed by atoms with E-state index in [9.17, 15) is 25.2 Å². The van der Waals surface area contributed by atoms with Crippen LogP contribution < -0.4 is 0 Å². The zero-order valence-corrected chi connectivity index (χ0v) is 14.5. The Kier molecular flexibility index (Phi) is 4.97. The zero-order chi connectivity index (χ0) is 19.3. The first-order chi connectivity index (χ1) is 13.0. The minimum absolute atomic E-state index is 0.278. The van der Waals surface area contributed by atoms with Gasteiger partial charge < -0.3 is 44.1 Å². The van der Waals surface area contributed by atoms with E-state index in [4.69, 9.17) is 23.7 Å². The number of rotatable bonds is 5. The Morgan fingerprint density at radius 1 is 1.11 bits per heavy atom. The van der Waals surface area contributed by atoms with Crippen molar-refractivity contribution in [1.29, 1.82) is 0 Å². The van der Waals surface area contributed by atoms with Gasteiger partial charge in [0.25, 0.3) is 0 Å². The molecule has 1 aliphatic carbocycles. The fourth-order valence-electron chi connectivity index (χ4n) is 4.10. The molecule has 150 valence electrons. The smallest absolute Gasteiger partial charge is 0.338 e. The molecule has 4 aliphatic rings. The predicted molar refractivity (Wildman–Crippen MR) is 84.6 cm³/mol. The molecular formula is C17H22O10. The monoisotopic (exact) mass is 386 g/mol. The van der Waals surface area contributed by atoms with Gasteiger partial charge in [-0.15, -0.1) is 0 Å². The molecule has 3 aliphatic heterocycles. The van der Waals surface area contributed by atoms with E-state index in [0.29, 0.717) is 5.57 Å². The first-order valence-corrected chi connectivity index (χ1v) is 8.68. The van der Waals surface area contributed by atoms with Crippen molar-refractivity contribution < 1.29 is 48.9 Å². The molecule has 10 heteroatoms. The second kappa shape index (κ2) is 7.13. The molecule has 0 saturated carbocycles. The Balaban J connectivity index is 1.56. The van der Waals surface area contributed by atoms with E-state index >= 15 is 0 Å². The normalized spacial score (nSPS) is 45.7. The maximum Gasteiger partial charge on any atom is 0.338 e. The summed E-state index contributed by atoms with van der Waals surface area (Å²) in [5.41, 5.74) is 1.22. The molecule has 3 heterocycles. The van der Waals surface area contributed by atoms with Crippen LogP contribution in [0.4, 0.5) is 0 Å². The third kappa shape index (κ3) is 2.97. The van der Waals surface area contributed by atoms with Crippen LogP contribution in [0.1, 0.15) is 0 Å². The molecule has 2 fully saturated rings. The van der Waals surface area contributed by atoms with Crippen molar-refractivity contribution >= 4 is 5.97 Å². The number of aliphatic hydroxyl groups is 4. The van der Waals surface area contributed by atoms with Crippen LogP contribution in [-0.4, -0.2) is 89.8 Å². The molecule has 0 aromatic rings. The quantitative estimate of drug-likeness (QED) is 0.303. The van der Waals surface area contributed by atoms with Gasteiger partial charge in [0.2, 0.25) is 6.29 Å². The molecule has 2 saturated heterocycles. The minimum atomic E-state index is -1.56. The van der Waals surface area contributed by atoms with Crippen molar-refractivity contribution in [2.75, 3.05) is 20.3 Å². The van der Waals surface area contributed by atoms with E-state index in [1.54, 1.807) is 6.08 Å². The number of methoxy groups -OCH3 is 1. The van der Waals surface area contributed by atoms with Crippen LogP contribution in [0.15, 0.2) is 23.5 Å². The Labute approximate surface area is 154 Å².